The van der Waals surface area contributed by atoms with Gasteiger partial charge in [-0.15, -0.1) is 11.8 Å². The zero-order valence-corrected chi connectivity index (χ0v) is 14.3. The van der Waals surface area contributed by atoms with E-state index in [2.05, 4.69) is 0 Å². The lowest BCUT2D eigenvalue weighted by Crippen LogP contribution is -2.31. The summed E-state index contributed by atoms with van der Waals surface area (Å²) in [5, 5.41) is 19.9. The normalized spacial score (nSPS) is 14.3. The van der Waals surface area contributed by atoms with Crippen LogP contribution in [0.4, 0.5) is 11.4 Å². The number of thioether (sulfide) groups is 1. The van der Waals surface area contributed by atoms with Crippen molar-refractivity contribution < 1.29 is 19.6 Å². The molecule has 0 saturated carbocycles. The van der Waals surface area contributed by atoms with E-state index in [9.17, 15) is 19.7 Å². The Morgan fingerprint density at radius 2 is 1.65 bits per heavy atom. The maximum Gasteiger partial charge on any atom is 0.272 e. The van der Waals surface area contributed by atoms with Crippen molar-refractivity contribution in [2.24, 2.45) is 0 Å². The Labute approximate surface area is 153 Å². The quantitative estimate of drug-likeness (QED) is 0.476. The van der Waals surface area contributed by atoms with Crippen molar-refractivity contribution in [1.82, 2.24) is 0 Å². The van der Waals surface area contributed by atoms with Crippen molar-refractivity contribution in [3.8, 4) is 0 Å². The van der Waals surface area contributed by atoms with Crippen LogP contribution in [-0.2, 0) is 9.59 Å². The number of nitrogens with zero attached hydrogens (tertiary/aromatic N) is 2. The van der Waals surface area contributed by atoms with Gasteiger partial charge in [0, 0.05) is 17.9 Å². The minimum absolute atomic E-state index is 0.101. The fourth-order valence-electron chi connectivity index (χ4n) is 2.61. The number of carbonyl (C=O) groups excluding carboxylic acids is 2. The van der Waals surface area contributed by atoms with Gasteiger partial charge in [-0.05, 0) is 29.8 Å². The molecule has 26 heavy (non-hydrogen) atoms. The highest BCUT2D eigenvalue weighted by Crippen LogP contribution is 2.38. The van der Waals surface area contributed by atoms with Gasteiger partial charge in [-0.2, -0.15) is 0 Å². The average molecular weight is 370 g/mol. The molecule has 0 radical (unpaired) electrons. The minimum atomic E-state index is -0.530. The highest BCUT2D eigenvalue weighted by atomic mass is 32.2. The number of carbonyl (C=O) groups is 2. The first-order chi connectivity index (χ1) is 12.5. The molecule has 7 nitrogen and oxygen atoms in total. The number of nitro groups is 1. The van der Waals surface area contributed by atoms with Gasteiger partial charge in [-0.3, -0.25) is 19.7 Å². The van der Waals surface area contributed by atoms with Crippen LogP contribution in [0.1, 0.15) is 5.56 Å². The van der Waals surface area contributed by atoms with E-state index >= 15 is 0 Å². The van der Waals surface area contributed by atoms with E-state index < -0.39 is 16.7 Å². The Balaban J connectivity index is 2.05. The summed E-state index contributed by atoms with van der Waals surface area (Å²) < 4.78 is 0. The van der Waals surface area contributed by atoms with E-state index in [1.165, 1.54) is 24.3 Å². The maximum absolute atomic E-state index is 12.9. The summed E-state index contributed by atoms with van der Waals surface area (Å²) in [6.45, 7) is -0.144. The van der Waals surface area contributed by atoms with E-state index in [1.54, 1.807) is 30.3 Å². The Morgan fingerprint density at radius 3 is 2.23 bits per heavy atom. The summed E-state index contributed by atoms with van der Waals surface area (Å²) in [5.74, 6) is -0.698. The highest BCUT2D eigenvalue weighted by Gasteiger charge is 2.40. The number of hydrogen-bond acceptors (Lipinski definition) is 6. The molecule has 0 bridgehead atoms. The maximum atomic E-state index is 12.9. The zero-order valence-electron chi connectivity index (χ0n) is 13.5. The topological polar surface area (TPSA) is 101 Å². The molecule has 8 heteroatoms. The van der Waals surface area contributed by atoms with E-state index in [1.807, 2.05) is 0 Å². The van der Waals surface area contributed by atoms with Crippen LogP contribution in [-0.4, -0.2) is 34.2 Å². The Bertz CT molecular complexity index is 894. The van der Waals surface area contributed by atoms with Crippen LogP contribution >= 0.6 is 11.8 Å². The number of nitro benzene ring substituents is 1. The summed E-state index contributed by atoms with van der Waals surface area (Å²) in [6.07, 6.45) is 0. The summed E-state index contributed by atoms with van der Waals surface area (Å²) in [5.41, 5.74) is 0.956. The molecule has 132 valence electrons. The van der Waals surface area contributed by atoms with Gasteiger partial charge in [-0.25, -0.2) is 4.90 Å². The Hall–Kier alpha value is -2.97. The second-order valence-corrected chi connectivity index (χ2v) is 6.47. The molecular weight excluding hydrogens is 356 g/mol. The molecule has 3 rings (SSSR count). The number of rotatable bonds is 6. The molecular formula is C18H14N2O5S. The average Bonchev–Trinajstić information content (AvgIpc) is 2.90. The zero-order chi connectivity index (χ0) is 18.7. The second-order valence-electron chi connectivity index (χ2n) is 5.36. The predicted octanol–water partition coefficient (Wildman–Crippen LogP) is 2.60. The SMILES string of the molecule is O=C1C(SCCO)=C(c2ccc([N+](=O)[O-])cc2)C(=O)N1c1ccccc1. The molecule has 1 heterocycles. The fraction of sp³-hybridized carbons (Fsp3) is 0.111. The van der Waals surface area contributed by atoms with Gasteiger partial charge in [0.1, 0.15) is 0 Å². The summed E-state index contributed by atoms with van der Waals surface area (Å²) in [4.78, 5) is 37.4. The molecule has 0 aliphatic carbocycles. The number of imide groups is 1. The minimum Gasteiger partial charge on any atom is -0.396 e. The molecule has 0 fully saturated rings. The van der Waals surface area contributed by atoms with E-state index in [4.69, 9.17) is 5.11 Å². The van der Waals surface area contributed by atoms with Crippen LogP contribution < -0.4 is 4.90 Å². The molecule has 1 aliphatic heterocycles. The number of aliphatic hydroxyl groups excluding tert-OH is 1. The lowest BCUT2D eigenvalue weighted by Gasteiger charge is -2.14. The number of amides is 2. The first-order valence-electron chi connectivity index (χ1n) is 7.71. The molecule has 1 aliphatic rings. The third-order valence-electron chi connectivity index (χ3n) is 3.76. The van der Waals surface area contributed by atoms with Crippen molar-refractivity contribution in [2.75, 3.05) is 17.3 Å². The number of anilines is 1. The monoisotopic (exact) mass is 370 g/mol. The molecule has 2 amide bonds. The molecule has 0 spiro atoms. The van der Waals surface area contributed by atoms with Gasteiger partial charge < -0.3 is 5.11 Å². The number of aliphatic hydroxyl groups is 1. The van der Waals surface area contributed by atoms with E-state index in [-0.39, 0.29) is 28.5 Å². The third-order valence-corrected chi connectivity index (χ3v) is 4.81. The van der Waals surface area contributed by atoms with Crippen LogP contribution in [0.3, 0.4) is 0 Å². The number of non-ortho nitro benzene ring substituents is 1. The first kappa shape index (κ1) is 17.8. The fourth-order valence-corrected chi connectivity index (χ4v) is 3.47. The van der Waals surface area contributed by atoms with Crippen LogP contribution in [0.15, 0.2) is 59.5 Å². The first-order valence-corrected chi connectivity index (χ1v) is 8.69. The molecule has 1 N–H and O–H groups in total. The van der Waals surface area contributed by atoms with Gasteiger partial charge in [0.25, 0.3) is 17.5 Å². The van der Waals surface area contributed by atoms with Crippen molar-refractivity contribution in [3.05, 3.63) is 75.2 Å². The van der Waals surface area contributed by atoms with Gasteiger partial charge in [-0.1, -0.05) is 18.2 Å². The summed E-state index contributed by atoms with van der Waals surface area (Å²) in [6, 6.07) is 14.0. The molecule has 0 saturated heterocycles. The summed E-state index contributed by atoms with van der Waals surface area (Å²) >= 11 is 1.09. The predicted molar refractivity (Wildman–Crippen MR) is 98.5 cm³/mol. The largest absolute Gasteiger partial charge is 0.396 e. The summed E-state index contributed by atoms with van der Waals surface area (Å²) in [7, 11) is 0. The molecule has 2 aromatic rings. The van der Waals surface area contributed by atoms with Crippen LogP contribution in [0.5, 0.6) is 0 Å². The van der Waals surface area contributed by atoms with E-state index in [0.717, 1.165) is 16.7 Å². The van der Waals surface area contributed by atoms with Crippen LogP contribution in [0.2, 0.25) is 0 Å². The molecule has 2 aromatic carbocycles. The Kier molecular flexibility index (Phi) is 5.15. The lowest BCUT2D eigenvalue weighted by atomic mass is 10.1. The standard InChI is InChI=1S/C18H14N2O5S/c21-10-11-26-16-15(12-6-8-14(9-7-12)20(24)25)17(22)19(18(16)23)13-4-2-1-3-5-13/h1-9,21H,10-11H2. The van der Waals surface area contributed by atoms with Crippen molar-refractivity contribution in [3.63, 3.8) is 0 Å². The highest BCUT2D eigenvalue weighted by molar-refractivity contribution is 8.04. The van der Waals surface area contributed by atoms with Gasteiger partial charge in [0.2, 0.25) is 0 Å². The number of benzene rings is 2. The Morgan fingerprint density at radius 1 is 1.00 bits per heavy atom. The van der Waals surface area contributed by atoms with Crippen LogP contribution in [0, 0.1) is 10.1 Å². The van der Waals surface area contributed by atoms with Gasteiger partial charge >= 0.3 is 0 Å². The van der Waals surface area contributed by atoms with Crippen molar-refractivity contribution >= 4 is 40.5 Å². The smallest absolute Gasteiger partial charge is 0.272 e. The van der Waals surface area contributed by atoms with Crippen molar-refractivity contribution in [1.29, 1.82) is 0 Å². The number of para-hydroxylation sites is 1. The number of hydrogen-bond donors (Lipinski definition) is 1. The van der Waals surface area contributed by atoms with Gasteiger partial charge in [0.05, 0.1) is 27.7 Å². The van der Waals surface area contributed by atoms with Crippen molar-refractivity contribution in [2.45, 2.75) is 0 Å². The van der Waals surface area contributed by atoms with Gasteiger partial charge in [0.15, 0.2) is 0 Å². The lowest BCUT2D eigenvalue weighted by molar-refractivity contribution is -0.384. The van der Waals surface area contributed by atoms with Crippen LogP contribution in [0.25, 0.3) is 5.57 Å². The van der Waals surface area contributed by atoms with E-state index in [0.29, 0.717) is 11.3 Å². The molecule has 0 aromatic heterocycles. The molecule has 0 atom stereocenters. The third kappa shape index (κ3) is 3.24. The second kappa shape index (κ2) is 7.51. The molecule has 0 unspecified atom stereocenters.